The fourth-order valence-electron chi connectivity index (χ4n) is 3.34. The predicted molar refractivity (Wildman–Crippen MR) is 88.0 cm³/mol. The van der Waals surface area contributed by atoms with Crippen molar-refractivity contribution < 1.29 is 0 Å². The van der Waals surface area contributed by atoms with E-state index >= 15 is 0 Å². The second kappa shape index (κ2) is 6.92. The Balaban J connectivity index is 2.12. The van der Waals surface area contributed by atoms with Crippen LogP contribution in [0, 0.1) is 11.8 Å². The molecule has 1 atom stereocenters. The summed E-state index contributed by atoms with van der Waals surface area (Å²) in [6.45, 7) is 6.91. The van der Waals surface area contributed by atoms with Crippen LogP contribution in [0.5, 0.6) is 0 Å². The summed E-state index contributed by atoms with van der Waals surface area (Å²) in [6.07, 6.45) is 7.87. The highest BCUT2D eigenvalue weighted by molar-refractivity contribution is 9.09. The van der Waals surface area contributed by atoms with Gasteiger partial charge in [0.05, 0.1) is 0 Å². The largest absolute Gasteiger partial charge is 0.0836 e. The molecule has 0 heterocycles. The Labute approximate surface area is 127 Å². The lowest BCUT2D eigenvalue weighted by atomic mass is 9.79. The third kappa shape index (κ3) is 3.62. The van der Waals surface area contributed by atoms with Gasteiger partial charge in [0.15, 0.2) is 0 Å². The average Bonchev–Trinajstić information content (AvgIpc) is 2.46. The van der Waals surface area contributed by atoms with Gasteiger partial charge in [0, 0.05) is 4.83 Å². The normalized spacial score (nSPS) is 25.3. The van der Waals surface area contributed by atoms with Crippen LogP contribution < -0.4 is 0 Å². The van der Waals surface area contributed by atoms with Gasteiger partial charge in [-0.25, -0.2) is 0 Å². The van der Waals surface area contributed by atoms with E-state index in [0.29, 0.717) is 4.83 Å². The maximum Gasteiger partial charge on any atom is 0.0423 e. The smallest absolute Gasteiger partial charge is 0.0423 e. The number of alkyl halides is 1. The van der Waals surface area contributed by atoms with Crippen molar-refractivity contribution in [2.45, 2.75) is 64.1 Å². The van der Waals surface area contributed by atoms with Crippen LogP contribution in [0.1, 0.15) is 68.0 Å². The molecule has 1 unspecified atom stereocenters. The number of rotatable bonds is 4. The quantitative estimate of drug-likeness (QED) is 0.590. The Bertz CT molecular complexity index is 402. The standard InChI is InChI=1S/C18H27Br/c1-4-14-10-11-17(12-15(14)5-2)18(19)16-8-6-13(3)7-9-16/h10-13,16,18H,4-9H2,1-3H3. The van der Waals surface area contributed by atoms with Crippen molar-refractivity contribution in [1.29, 1.82) is 0 Å². The van der Waals surface area contributed by atoms with Gasteiger partial charge < -0.3 is 0 Å². The highest BCUT2D eigenvalue weighted by Crippen LogP contribution is 2.41. The van der Waals surface area contributed by atoms with Crippen molar-refractivity contribution in [1.82, 2.24) is 0 Å². The lowest BCUT2D eigenvalue weighted by Crippen LogP contribution is -2.16. The summed E-state index contributed by atoms with van der Waals surface area (Å²) in [4.78, 5) is 0.552. The average molecular weight is 323 g/mol. The zero-order chi connectivity index (χ0) is 13.8. The van der Waals surface area contributed by atoms with Crippen LogP contribution in [0.15, 0.2) is 18.2 Å². The van der Waals surface area contributed by atoms with Crippen LogP contribution in [0.3, 0.4) is 0 Å². The summed E-state index contributed by atoms with van der Waals surface area (Å²) in [6, 6.07) is 7.12. The lowest BCUT2D eigenvalue weighted by molar-refractivity contribution is 0.287. The number of hydrogen-bond donors (Lipinski definition) is 0. The van der Waals surface area contributed by atoms with Crippen LogP contribution in [0.2, 0.25) is 0 Å². The molecule has 1 fully saturated rings. The first-order valence-electron chi connectivity index (χ1n) is 7.91. The number of hydrogen-bond acceptors (Lipinski definition) is 0. The minimum absolute atomic E-state index is 0.552. The molecule has 1 saturated carbocycles. The molecular formula is C18H27Br. The molecule has 1 aromatic carbocycles. The SMILES string of the molecule is CCc1ccc(C(Br)C2CCC(C)CC2)cc1CC. The summed E-state index contributed by atoms with van der Waals surface area (Å²) in [7, 11) is 0. The molecule has 0 spiro atoms. The molecule has 0 N–H and O–H groups in total. The second-order valence-corrected chi connectivity index (χ2v) is 7.14. The van der Waals surface area contributed by atoms with Crippen LogP contribution in [0.4, 0.5) is 0 Å². The molecule has 1 aromatic rings. The van der Waals surface area contributed by atoms with Gasteiger partial charge >= 0.3 is 0 Å². The summed E-state index contributed by atoms with van der Waals surface area (Å²) in [5.41, 5.74) is 4.55. The molecule has 1 aliphatic rings. The Hall–Kier alpha value is -0.300. The third-order valence-electron chi connectivity index (χ3n) is 4.78. The minimum Gasteiger partial charge on any atom is -0.0836 e. The molecule has 106 valence electrons. The van der Waals surface area contributed by atoms with E-state index in [-0.39, 0.29) is 0 Å². The number of halogens is 1. The molecule has 0 aromatic heterocycles. The molecule has 0 saturated heterocycles. The fourth-order valence-corrected chi connectivity index (χ4v) is 4.16. The zero-order valence-electron chi connectivity index (χ0n) is 12.6. The Morgan fingerprint density at radius 2 is 1.68 bits per heavy atom. The zero-order valence-corrected chi connectivity index (χ0v) is 14.2. The summed E-state index contributed by atoms with van der Waals surface area (Å²) in [5, 5.41) is 0. The molecule has 2 rings (SSSR count). The Morgan fingerprint density at radius 1 is 1.05 bits per heavy atom. The van der Waals surface area contributed by atoms with Gasteiger partial charge in [0.1, 0.15) is 0 Å². The van der Waals surface area contributed by atoms with E-state index in [9.17, 15) is 0 Å². The van der Waals surface area contributed by atoms with Crippen LogP contribution in [-0.2, 0) is 12.8 Å². The van der Waals surface area contributed by atoms with E-state index in [1.165, 1.54) is 42.4 Å². The van der Waals surface area contributed by atoms with Crippen molar-refractivity contribution in [2.75, 3.05) is 0 Å². The van der Waals surface area contributed by atoms with Gasteiger partial charge in [-0.1, -0.05) is 67.7 Å². The molecular weight excluding hydrogens is 296 g/mol. The van der Waals surface area contributed by atoms with Gasteiger partial charge in [0.2, 0.25) is 0 Å². The van der Waals surface area contributed by atoms with E-state index in [0.717, 1.165) is 24.7 Å². The minimum atomic E-state index is 0.552. The topological polar surface area (TPSA) is 0 Å². The van der Waals surface area contributed by atoms with Crippen molar-refractivity contribution in [2.24, 2.45) is 11.8 Å². The molecule has 1 aliphatic carbocycles. The molecule has 1 heteroatoms. The first-order chi connectivity index (χ1) is 9.15. The van der Waals surface area contributed by atoms with Gasteiger partial charge in [-0.2, -0.15) is 0 Å². The highest BCUT2D eigenvalue weighted by Gasteiger charge is 2.25. The van der Waals surface area contributed by atoms with Crippen LogP contribution >= 0.6 is 15.9 Å². The highest BCUT2D eigenvalue weighted by atomic mass is 79.9. The van der Waals surface area contributed by atoms with Crippen LogP contribution in [-0.4, -0.2) is 0 Å². The van der Waals surface area contributed by atoms with E-state index in [4.69, 9.17) is 0 Å². The van der Waals surface area contributed by atoms with E-state index in [2.05, 4.69) is 54.9 Å². The van der Waals surface area contributed by atoms with Gasteiger partial charge in [-0.3, -0.25) is 0 Å². The molecule has 0 nitrogen and oxygen atoms in total. The van der Waals surface area contributed by atoms with Gasteiger partial charge in [-0.15, -0.1) is 0 Å². The Kier molecular flexibility index (Phi) is 5.50. The van der Waals surface area contributed by atoms with E-state index in [1.54, 1.807) is 0 Å². The monoisotopic (exact) mass is 322 g/mol. The molecule has 19 heavy (non-hydrogen) atoms. The maximum absolute atomic E-state index is 3.98. The van der Waals surface area contributed by atoms with Crippen LogP contribution in [0.25, 0.3) is 0 Å². The fraction of sp³-hybridized carbons (Fsp3) is 0.667. The predicted octanol–water partition coefficient (Wildman–Crippen LogP) is 6.07. The van der Waals surface area contributed by atoms with Crippen molar-refractivity contribution in [3.05, 3.63) is 34.9 Å². The van der Waals surface area contributed by atoms with Crippen molar-refractivity contribution in [3.63, 3.8) is 0 Å². The summed E-state index contributed by atoms with van der Waals surface area (Å²) in [5.74, 6) is 1.76. The first-order valence-corrected chi connectivity index (χ1v) is 8.83. The molecule has 0 bridgehead atoms. The van der Waals surface area contributed by atoms with Crippen molar-refractivity contribution >= 4 is 15.9 Å². The molecule has 0 amide bonds. The maximum atomic E-state index is 3.98. The van der Waals surface area contributed by atoms with E-state index in [1.807, 2.05) is 0 Å². The molecule has 0 aliphatic heterocycles. The molecule has 0 radical (unpaired) electrons. The first kappa shape index (κ1) is 15.1. The van der Waals surface area contributed by atoms with Crippen molar-refractivity contribution in [3.8, 4) is 0 Å². The van der Waals surface area contributed by atoms with E-state index < -0.39 is 0 Å². The summed E-state index contributed by atoms with van der Waals surface area (Å²) < 4.78 is 0. The lowest BCUT2D eigenvalue weighted by Gasteiger charge is -2.30. The number of aryl methyl sites for hydroxylation is 2. The van der Waals surface area contributed by atoms with Gasteiger partial charge in [0.25, 0.3) is 0 Å². The number of benzene rings is 1. The third-order valence-corrected chi connectivity index (χ3v) is 6.06. The van der Waals surface area contributed by atoms with Gasteiger partial charge in [-0.05, 0) is 54.2 Å². The Morgan fingerprint density at radius 3 is 2.26 bits per heavy atom. The second-order valence-electron chi connectivity index (χ2n) is 6.16. The summed E-state index contributed by atoms with van der Waals surface area (Å²) >= 11 is 3.98.